The lowest BCUT2D eigenvalue weighted by molar-refractivity contribution is 0.0994. The van der Waals surface area contributed by atoms with Gasteiger partial charge in [0.25, 0.3) is 5.91 Å². The van der Waals surface area contributed by atoms with Crippen molar-refractivity contribution in [3.8, 4) is 11.4 Å². The fraction of sp³-hybridized carbons (Fsp3) is 0.333. The third-order valence-electron chi connectivity index (χ3n) is 3.23. The fourth-order valence-corrected chi connectivity index (χ4v) is 2.44. The molecule has 0 saturated carbocycles. The van der Waals surface area contributed by atoms with Crippen LogP contribution in [0, 0.1) is 6.92 Å². The standard InChI is InChI=1S/C12H13N5O/c1-6-14-5-7-3-4-8-10(12(13)18)16-17(2)11(8)9(7)15-6/h5H,3-4H2,1-2H3,(H2,13,18). The Morgan fingerprint density at radius 2 is 2.22 bits per heavy atom. The quantitative estimate of drug-likeness (QED) is 0.784. The van der Waals surface area contributed by atoms with Crippen LogP contribution in [0.25, 0.3) is 11.4 Å². The Bertz CT molecular complexity index is 659. The van der Waals surface area contributed by atoms with Crippen molar-refractivity contribution in [3.05, 3.63) is 28.8 Å². The van der Waals surface area contributed by atoms with Gasteiger partial charge in [0, 0.05) is 18.8 Å². The summed E-state index contributed by atoms with van der Waals surface area (Å²) in [6, 6.07) is 0. The molecule has 0 bridgehead atoms. The average Bonchev–Trinajstić information content (AvgIpc) is 2.67. The van der Waals surface area contributed by atoms with E-state index in [1.165, 1.54) is 0 Å². The molecule has 2 N–H and O–H groups in total. The average molecular weight is 243 g/mol. The van der Waals surface area contributed by atoms with Crippen LogP contribution in [0.1, 0.15) is 27.4 Å². The molecular weight excluding hydrogens is 230 g/mol. The highest BCUT2D eigenvalue weighted by Crippen LogP contribution is 2.32. The lowest BCUT2D eigenvalue weighted by Crippen LogP contribution is -2.15. The number of hydrogen-bond acceptors (Lipinski definition) is 4. The van der Waals surface area contributed by atoms with Gasteiger partial charge >= 0.3 is 0 Å². The molecule has 2 heterocycles. The lowest BCUT2D eigenvalue weighted by atomic mass is 9.93. The van der Waals surface area contributed by atoms with Crippen molar-refractivity contribution in [2.45, 2.75) is 19.8 Å². The van der Waals surface area contributed by atoms with Gasteiger partial charge in [0.15, 0.2) is 5.69 Å². The summed E-state index contributed by atoms with van der Waals surface area (Å²) in [5.74, 6) is 0.226. The maximum Gasteiger partial charge on any atom is 0.269 e. The van der Waals surface area contributed by atoms with Gasteiger partial charge < -0.3 is 5.73 Å². The van der Waals surface area contributed by atoms with Crippen LogP contribution in [-0.2, 0) is 19.9 Å². The zero-order valence-corrected chi connectivity index (χ0v) is 10.3. The molecule has 1 aliphatic carbocycles. The molecular formula is C12H13N5O. The third-order valence-corrected chi connectivity index (χ3v) is 3.23. The second-order valence-corrected chi connectivity index (χ2v) is 4.45. The maximum atomic E-state index is 11.4. The number of aromatic nitrogens is 4. The number of aryl methyl sites for hydroxylation is 3. The first-order chi connectivity index (χ1) is 8.58. The van der Waals surface area contributed by atoms with E-state index < -0.39 is 5.91 Å². The normalized spacial score (nSPS) is 13.0. The van der Waals surface area contributed by atoms with Gasteiger partial charge in [-0.1, -0.05) is 0 Å². The van der Waals surface area contributed by atoms with Gasteiger partial charge in [0.1, 0.15) is 5.82 Å². The largest absolute Gasteiger partial charge is 0.364 e. The summed E-state index contributed by atoms with van der Waals surface area (Å²) < 4.78 is 1.68. The molecule has 0 saturated heterocycles. The summed E-state index contributed by atoms with van der Waals surface area (Å²) in [7, 11) is 1.80. The summed E-state index contributed by atoms with van der Waals surface area (Å²) >= 11 is 0. The van der Waals surface area contributed by atoms with Gasteiger partial charge in [0.05, 0.1) is 11.4 Å². The predicted octanol–water partition coefficient (Wildman–Crippen LogP) is 0.383. The topological polar surface area (TPSA) is 86.7 Å². The first-order valence-corrected chi connectivity index (χ1v) is 5.76. The van der Waals surface area contributed by atoms with Gasteiger partial charge in [-0.2, -0.15) is 5.10 Å². The number of rotatable bonds is 1. The highest BCUT2D eigenvalue weighted by Gasteiger charge is 2.27. The molecule has 0 atom stereocenters. The van der Waals surface area contributed by atoms with E-state index in [1.807, 2.05) is 13.1 Å². The highest BCUT2D eigenvalue weighted by atomic mass is 16.1. The molecule has 18 heavy (non-hydrogen) atoms. The molecule has 0 fully saturated rings. The van der Waals surface area contributed by atoms with E-state index in [4.69, 9.17) is 5.73 Å². The van der Waals surface area contributed by atoms with Crippen molar-refractivity contribution in [3.63, 3.8) is 0 Å². The molecule has 2 aromatic rings. The van der Waals surface area contributed by atoms with Crippen molar-refractivity contribution in [2.24, 2.45) is 12.8 Å². The number of carbonyl (C=O) groups is 1. The van der Waals surface area contributed by atoms with Crippen molar-refractivity contribution in [1.82, 2.24) is 19.7 Å². The molecule has 0 aromatic carbocycles. The van der Waals surface area contributed by atoms with Gasteiger partial charge in [-0.15, -0.1) is 0 Å². The Kier molecular flexibility index (Phi) is 2.19. The van der Waals surface area contributed by atoms with E-state index in [2.05, 4.69) is 15.1 Å². The minimum Gasteiger partial charge on any atom is -0.364 e. The summed E-state index contributed by atoms with van der Waals surface area (Å²) in [5, 5.41) is 4.20. The Morgan fingerprint density at radius 1 is 1.44 bits per heavy atom. The molecule has 1 aliphatic rings. The Labute approximate surface area is 104 Å². The highest BCUT2D eigenvalue weighted by molar-refractivity contribution is 5.94. The number of carbonyl (C=O) groups excluding carboxylic acids is 1. The summed E-state index contributed by atoms with van der Waals surface area (Å²) in [4.78, 5) is 20.0. The zero-order valence-electron chi connectivity index (χ0n) is 10.3. The van der Waals surface area contributed by atoms with E-state index in [-0.39, 0.29) is 0 Å². The fourth-order valence-electron chi connectivity index (χ4n) is 2.44. The molecule has 0 aliphatic heterocycles. The van der Waals surface area contributed by atoms with Gasteiger partial charge in [-0.3, -0.25) is 9.48 Å². The lowest BCUT2D eigenvalue weighted by Gasteiger charge is -2.16. The maximum absolute atomic E-state index is 11.4. The molecule has 6 nitrogen and oxygen atoms in total. The molecule has 2 aromatic heterocycles. The minimum absolute atomic E-state index is 0.356. The van der Waals surface area contributed by atoms with Crippen molar-refractivity contribution in [1.29, 1.82) is 0 Å². The van der Waals surface area contributed by atoms with Crippen molar-refractivity contribution >= 4 is 5.91 Å². The third kappa shape index (κ3) is 1.42. The SMILES string of the molecule is Cc1ncc2c(n1)-c1c(c(C(N)=O)nn1C)CC2. The summed E-state index contributed by atoms with van der Waals surface area (Å²) in [6.07, 6.45) is 3.41. The first-order valence-electron chi connectivity index (χ1n) is 5.76. The molecule has 0 unspecified atom stereocenters. The number of nitrogens with zero attached hydrogens (tertiary/aromatic N) is 4. The second kappa shape index (κ2) is 3.63. The van der Waals surface area contributed by atoms with Gasteiger partial charge in [-0.05, 0) is 25.3 Å². The van der Waals surface area contributed by atoms with E-state index in [9.17, 15) is 4.79 Å². The van der Waals surface area contributed by atoms with Crippen molar-refractivity contribution < 1.29 is 4.79 Å². The van der Waals surface area contributed by atoms with Crippen LogP contribution < -0.4 is 5.73 Å². The molecule has 0 spiro atoms. The number of amides is 1. The van der Waals surface area contributed by atoms with Crippen LogP contribution in [-0.4, -0.2) is 25.7 Å². The van der Waals surface area contributed by atoms with Crippen LogP contribution in [0.4, 0.5) is 0 Å². The van der Waals surface area contributed by atoms with E-state index in [0.717, 1.165) is 35.4 Å². The van der Waals surface area contributed by atoms with E-state index in [0.29, 0.717) is 11.5 Å². The Balaban J connectivity index is 2.30. The van der Waals surface area contributed by atoms with Gasteiger partial charge in [-0.25, -0.2) is 9.97 Å². The Morgan fingerprint density at radius 3 is 2.94 bits per heavy atom. The Hall–Kier alpha value is -2.24. The molecule has 3 rings (SSSR count). The van der Waals surface area contributed by atoms with Crippen LogP contribution in [0.3, 0.4) is 0 Å². The molecule has 0 radical (unpaired) electrons. The van der Waals surface area contributed by atoms with Crippen LogP contribution >= 0.6 is 0 Å². The summed E-state index contributed by atoms with van der Waals surface area (Å²) in [5.41, 5.74) is 9.45. The number of hydrogen-bond donors (Lipinski definition) is 1. The smallest absolute Gasteiger partial charge is 0.269 e. The van der Waals surface area contributed by atoms with Crippen LogP contribution in [0.15, 0.2) is 6.20 Å². The molecule has 1 amide bonds. The van der Waals surface area contributed by atoms with E-state index >= 15 is 0 Å². The number of nitrogens with two attached hydrogens (primary N) is 1. The molecule has 6 heteroatoms. The molecule has 92 valence electrons. The monoisotopic (exact) mass is 243 g/mol. The van der Waals surface area contributed by atoms with Crippen molar-refractivity contribution in [2.75, 3.05) is 0 Å². The number of primary amides is 1. The van der Waals surface area contributed by atoms with Crippen LogP contribution in [0.5, 0.6) is 0 Å². The second-order valence-electron chi connectivity index (χ2n) is 4.45. The van der Waals surface area contributed by atoms with E-state index in [1.54, 1.807) is 11.7 Å². The van der Waals surface area contributed by atoms with Gasteiger partial charge in [0.2, 0.25) is 0 Å². The summed E-state index contributed by atoms with van der Waals surface area (Å²) in [6.45, 7) is 1.85. The first kappa shape index (κ1) is 10.9. The minimum atomic E-state index is -0.485. The van der Waals surface area contributed by atoms with Crippen LogP contribution in [0.2, 0.25) is 0 Å². The number of fused-ring (bicyclic) bond motifs is 3. The predicted molar refractivity (Wildman–Crippen MR) is 64.9 cm³/mol. The zero-order chi connectivity index (χ0) is 12.9.